The number of nitrogens with one attached hydrogen (secondary N) is 1. The highest BCUT2D eigenvalue weighted by molar-refractivity contribution is 6.04. The van der Waals surface area contributed by atoms with Gasteiger partial charge in [0, 0.05) is 24.6 Å². The Morgan fingerprint density at radius 3 is 2.83 bits per heavy atom. The summed E-state index contributed by atoms with van der Waals surface area (Å²) in [7, 11) is 1.58. The zero-order chi connectivity index (χ0) is 20.8. The number of nitrogens with zero attached hydrogens (tertiary/aromatic N) is 2. The van der Waals surface area contributed by atoms with Crippen molar-refractivity contribution >= 4 is 34.3 Å². The quantitative estimate of drug-likeness (QED) is 0.693. The zero-order valence-corrected chi connectivity index (χ0v) is 17.0. The minimum absolute atomic E-state index is 0.0833. The Morgan fingerprint density at radius 2 is 2.07 bits per heavy atom. The van der Waals surface area contributed by atoms with Crippen molar-refractivity contribution in [3.05, 3.63) is 47.9 Å². The van der Waals surface area contributed by atoms with Gasteiger partial charge in [0.2, 0.25) is 11.8 Å². The predicted octanol–water partition coefficient (Wildman–Crippen LogP) is 4.01. The molecule has 0 spiro atoms. The van der Waals surface area contributed by atoms with Crippen LogP contribution < -0.4 is 15.0 Å². The van der Waals surface area contributed by atoms with Crippen molar-refractivity contribution in [1.82, 2.24) is 4.98 Å². The Hall–Kier alpha value is -3.35. The number of hydrogen-bond donors (Lipinski definition) is 1. The Morgan fingerprint density at radius 1 is 1.23 bits per heavy atom. The number of carbonyl (C=O) groups is 2. The minimum atomic E-state index is -0.433. The van der Waals surface area contributed by atoms with Gasteiger partial charge in [-0.1, -0.05) is 6.07 Å². The normalized spacial score (nSPS) is 18.8. The lowest BCUT2D eigenvalue weighted by atomic mass is 10.1. The molecule has 7 heteroatoms. The second-order valence-electron chi connectivity index (χ2n) is 8.08. The monoisotopic (exact) mass is 405 g/mol. The van der Waals surface area contributed by atoms with E-state index in [1.54, 1.807) is 18.1 Å². The molecule has 2 aliphatic rings. The third-order valence-corrected chi connectivity index (χ3v) is 5.72. The van der Waals surface area contributed by atoms with E-state index in [0.717, 1.165) is 35.4 Å². The number of amides is 2. The van der Waals surface area contributed by atoms with E-state index in [2.05, 4.69) is 10.3 Å². The molecule has 0 radical (unpaired) electrons. The smallest absolute Gasteiger partial charge is 0.229 e. The molecule has 3 aromatic rings. The second-order valence-corrected chi connectivity index (χ2v) is 8.08. The Labute approximate surface area is 174 Å². The van der Waals surface area contributed by atoms with Gasteiger partial charge in [-0.05, 0) is 55.7 Å². The first-order valence-electron chi connectivity index (χ1n) is 10.2. The first-order valence-corrected chi connectivity index (χ1v) is 10.2. The van der Waals surface area contributed by atoms with Gasteiger partial charge in [-0.15, -0.1) is 0 Å². The molecule has 1 saturated carbocycles. The average Bonchev–Trinajstić information content (AvgIpc) is 3.38. The fourth-order valence-corrected chi connectivity index (χ4v) is 3.90. The fraction of sp³-hybridized carbons (Fsp3) is 0.348. The van der Waals surface area contributed by atoms with Crippen molar-refractivity contribution in [1.29, 1.82) is 0 Å². The van der Waals surface area contributed by atoms with Crippen molar-refractivity contribution in [2.45, 2.75) is 32.1 Å². The summed E-state index contributed by atoms with van der Waals surface area (Å²) in [5.41, 5.74) is 3.85. The van der Waals surface area contributed by atoms with Crippen LogP contribution in [0.2, 0.25) is 0 Å². The van der Waals surface area contributed by atoms with E-state index < -0.39 is 5.92 Å². The van der Waals surface area contributed by atoms with Gasteiger partial charge in [-0.2, -0.15) is 0 Å². The number of anilines is 2. The number of carbonyl (C=O) groups excluding carboxylic acids is 2. The van der Waals surface area contributed by atoms with E-state index in [1.807, 2.05) is 37.3 Å². The van der Waals surface area contributed by atoms with Crippen LogP contribution in [0.25, 0.3) is 11.1 Å². The Bertz CT molecular complexity index is 1150. The number of oxazole rings is 1. The highest BCUT2D eigenvalue weighted by Crippen LogP contribution is 2.41. The molecular weight excluding hydrogens is 382 g/mol. The van der Waals surface area contributed by atoms with Crippen LogP contribution in [-0.2, 0) is 9.59 Å². The molecule has 2 amide bonds. The van der Waals surface area contributed by atoms with Crippen LogP contribution in [0.15, 0.2) is 40.8 Å². The molecule has 1 aliphatic carbocycles. The van der Waals surface area contributed by atoms with Crippen molar-refractivity contribution in [2.24, 2.45) is 5.92 Å². The van der Waals surface area contributed by atoms with Crippen molar-refractivity contribution < 1.29 is 18.7 Å². The van der Waals surface area contributed by atoms with Gasteiger partial charge < -0.3 is 19.4 Å². The van der Waals surface area contributed by atoms with Crippen LogP contribution in [0.3, 0.4) is 0 Å². The maximum absolute atomic E-state index is 12.9. The summed E-state index contributed by atoms with van der Waals surface area (Å²) in [6.07, 6.45) is 2.41. The molecule has 7 nitrogen and oxygen atoms in total. The lowest BCUT2D eigenvalue weighted by Crippen LogP contribution is -2.28. The topological polar surface area (TPSA) is 84.7 Å². The molecule has 1 atom stereocenters. The molecule has 1 saturated heterocycles. The molecule has 154 valence electrons. The number of methoxy groups -OCH3 is 1. The van der Waals surface area contributed by atoms with E-state index in [4.69, 9.17) is 9.15 Å². The summed E-state index contributed by atoms with van der Waals surface area (Å²) in [5.74, 6) is 1.14. The summed E-state index contributed by atoms with van der Waals surface area (Å²) in [4.78, 5) is 31.7. The summed E-state index contributed by atoms with van der Waals surface area (Å²) < 4.78 is 11.2. The largest absolute Gasteiger partial charge is 0.495 e. The molecule has 1 unspecified atom stereocenters. The van der Waals surface area contributed by atoms with Crippen LogP contribution in [0, 0.1) is 12.8 Å². The highest BCUT2D eigenvalue weighted by Gasteiger charge is 2.36. The summed E-state index contributed by atoms with van der Waals surface area (Å²) in [6, 6.07) is 11.1. The molecule has 5 rings (SSSR count). The van der Waals surface area contributed by atoms with Gasteiger partial charge in [0.15, 0.2) is 11.5 Å². The standard InChI is InChI=1S/C23H23N3O4/c1-13-3-7-20(29-2)18(9-13)26-12-15(10-21(26)27)22(28)24-16-6-8-19-17(11-16)25-23(30-19)14-4-5-14/h3,6-9,11,14-15H,4-5,10,12H2,1-2H3,(H,24,28). The van der Waals surface area contributed by atoms with Gasteiger partial charge >= 0.3 is 0 Å². The molecule has 2 heterocycles. The maximum Gasteiger partial charge on any atom is 0.229 e. The van der Waals surface area contributed by atoms with Gasteiger partial charge in [0.1, 0.15) is 11.3 Å². The van der Waals surface area contributed by atoms with Crippen molar-refractivity contribution in [2.75, 3.05) is 23.9 Å². The van der Waals surface area contributed by atoms with Crippen LogP contribution in [0.5, 0.6) is 5.75 Å². The number of hydrogen-bond acceptors (Lipinski definition) is 5. The predicted molar refractivity (Wildman–Crippen MR) is 113 cm³/mol. The number of fused-ring (bicyclic) bond motifs is 1. The van der Waals surface area contributed by atoms with Gasteiger partial charge in [0.05, 0.1) is 18.7 Å². The van der Waals surface area contributed by atoms with E-state index in [1.165, 1.54) is 0 Å². The summed E-state index contributed by atoms with van der Waals surface area (Å²) >= 11 is 0. The van der Waals surface area contributed by atoms with Crippen LogP contribution in [0.4, 0.5) is 11.4 Å². The Balaban J connectivity index is 1.32. The first-order chi connectivity index (χ1) is 14.5. The van der Waals surface area contributed by atoms with Gasteiger partial charge in [-0.3, -0.25) is 9.59 Å². The third kappa shape index (κ3) is 3.40. The number of aromatic nitrogens is 1. The molecular formula is C23H23N3O4. The van der Waals surface area contributed by atoms with Gasteiger partial charge in [-0.25, -0.2) is 4.98 Å². The zero-order valence-electron chi connectivity index (χ0n) is 17.0. The third-order valence-electron chi connectivity index (χ3n) is 5.72. The molecule has 2 fully saturated rings. The molecule has 2 aromatic carbocycles. The molecule has 0 bridgehead atoms. The molecule has 1 aliphatic heterocycles. The first kappa shape index (κ1) is 18.7. The van der Waals surface area contributed by atoms with Crippen molar-refractivity contribution in [3.8, 4) is 5.75 Å². The van der Waals surface area contributed by atoms with E-state index >= 15 is 0 Å². The second kappa shape index (κ2) is 7.16. The lowest BCUT2D eigenvalue weighted by Gasteiger charge is -2.20. The lowest BCUT2D eigenvalue weighted by molar-refractivity contribution is -0.122. The van der Waals surface area contributed by atoms with Crippen molar-refractivity contribution in [3.63, 3.8) is 0 Å². The van der Waals surface area contributed by atoms with E-state index in [9.17, 15) is 9.59 Å². The fourth-order valence-electron chi connectivity index (χ4n) is 3.90. The van der Waals surface area contributed by atoms with Crippen LogP contribution >= 0.6 is 0 Å². The molecule has 30 heavy (non-hydrogen) atoms. The summed E-state index contributed by atoms with van der Waals surface area (Å²) in [5, 5.41) is 2.93. The number of benzene rings is 2. The molecule has 1 N–H and O–H groups in total. The maximum atomic E-state index is 12.9. The van der Waals surface area contributed by atoms with E-state index in [-0.39, 0.29) is 18.2 Å². The number of ether oxygens (including phenoxy) is 1. The SMILES string of the molecule is COc1ccc(C)cc1N1CC(C(=O)Nc2ccc3oc(C4CC4)nc3c2)CC1=O. The molecule has 1 aromatic heterocycles. The number of rotatable bonds is 5. The van der Waals surface area contributed by atoms with E-state index in [0.29, 0.717) is 29.6 Å². The minimum Gasteiger partial charge on any atom is -0.495 e. The van der Waals surface area contributed by atoms with Gasteiger partial charge in [0.25, 0.3) is 0 Å². The summed E-state index contributed by atoms with van der Waals surface area (Å²) in [6.45, 7) is 2.28. The Kier molecular flexibility index (Phi) is 4.46. The average molecular weight is 405 g/mol. The van der Waals surface area contributed by atoms with Crippen LogP contribution in [-0.4, -0.2) is 30.5 Å². The number of aryl methyl sites for hydroxylation is 1. The highest BCUT2D eigenvalue weighted by atomic mass is 16.5. The van der Waals surface area contributed by atoms with Crippen LogP contribution in [0.1, 0.15) is 36.6 Å².